The maximum Gasteiger partial charge on any atom is 0.312 e. The fourth-order valence-corrected chi connectivity index (χ4v) is 2.87. The number of hydrogen-bond acceptors (Lipinski definition) is 5. The van der Waals surface area contributed by atoms with E-state index in [0.717, 1.165) is 5.56 Å². The normalized spacial score (nSPS) is 11.9. The first-order chi connectivity index (χ1) is 12.5. The molecule has 0 aliphatic heterocycles. The molecule has 1 unspecified atom stereocenters. The van der Waals surface area contributed by atoms with E-state index >= 15 is 0 Å². The number of aryl methyl sites for hydroxylation is 1. The monoisotopic (exact) mass is 354 g/mol. The Morgan fingerprint density at radius 1 is 1.27 bits per heavy atom. The molecule has 2 heterocycles. The van der Waals surface area contributed by atoms with Crippen LogP contribution in [0.3, 0.4) is 0 Å². The second-order valence-electron chi connectivity index (χ2n) is 5.86. The molecule has 26 heavy (non-hydrogen) atoms. The molecule has 2 aromatic heterocycles. The number of benzene rings is 1. The van der Waals surface area contributed by atoms with Gasteiger partial charge in [0.05, 0.1) is 11.2 Å². The van der Waals surface area contributed by atoms with Crippen LogP contribution in [0.4, 0.5) is 5.69 Å². The van der Waals surface area contributed by atoms with Gasteiger partial charge in [-0.1, -0.05) is 30.3 Å². The van der Waals surface area contributed by atoms with Gasteiger partial charge in [-0.25, -0.2) is 0 Å². The third kappa shape index (κ3) is 3.49. The van der Waals surface area contributed by atoms with E-state index in [1.807, 2.05) is 30.3 Å². The van der Waals surface area contributed by atoms with Gasteiger partial charge in [-0.3, -0.25) is 19.6 Å². The predicted molar refractivity (Wildman–Crippen MR) is 93.5 cm³/mol. The van der Waals surface area contributed by atoms with Gasteiger partial charge in [-0.2, -0.15) is 5.10 Å². The number of furan rings is 1. The number of carbonyl (C=O) groups is 1. The van der Waals surface area contributed by atoms with Crippen molar-refractivity contribution in [3.8, 4) is 0 Å². The highest BCUT2D eigenvalue weighted by atomic mass is 16.6. The molecule has 0 saturated carbocycles. The van der Waals surface area contributed by atoms with Crippen LogP contribution in [0.15, 0.2) is 53.1 Å². The predicted octanol–water partition coefficient (Wildman–Crippen LogP) is 2.91. The lowest BCUT2D eigenvalue weighted by molar-refractivity contribution is -0.386. The lowest BCUT2D eigenvalue weighted by atomic mass is 10.0. The molecular weight excluding hydrogens is 336 g/mol. The smallest absolute Gasteiger partial charge is 0.312 e. The van der Waals surface area contributed by atoms with E-state index in [-0.39, 0.29) is 23.8 Å². The number of amides is 1. The molecule has 0 saturated heterocycles. The third-order valence-electron chi connectivity index (χ3n) is 4.09. The van der Waals surface area contributed by atoms with E-state index in [4.69, 9.17) is 4.42 Å². The van der Waals surface area contributed by atoms with Gasteiger partial charge in [0.2, 0.25) is 5.91 Å². The van der Waals surface area contributed by atoms with Gasteiger partial charge < -0.3 is 9.73 Å². The van der Waals surface area contributed by atoms with Crippen LogP contribution in [0.5, 0.6) is 0 Å². The van der Waals surface area contributed by atoms with Crippen molar-refractivity contribution in [1.82, 2.24) is 15.1 Å². The summed E-state index contributed by atoms with van der Waals surface area (Å²) < 4.78 is 6.79. The number of nitrogens with zero attached hydrogens (tertiary/aromatic N) is 3. The highest BCUT2D eigenvalue weighted by molar-refractivity contribution is 5.76. The zero-order valence-corrected chi connectivity index (χ0v) is 14.4. The maximum absolute atomic E-state index is 12.6. The van der Waals surface area contributed by atoms with Gasteiger partial charge in [-0.05, 0) is 31.5 Å². The molecular formula is C18H18N4O4. The minimum Gasteiger partial charge on any atom is -0.467 e. The van der Waals surface area contributed by atoms with Crippen LogP contribution in [0.1, 0.15) is 28.8 Å². The molecule has 1 atom stereocenters. The maximum atomic E-state index is 12.6. The summed E-state index contributed by atoms with van der Waals surface area (Å²) in [6.07, 6.45) is 1.54. The molecule has 1 aromatic carbocycles. The molecule has 0 spiro atoms. The number of nitrogens with one attached hydrogen (secondary N) is 1. The van der Waals surface area contributed by atoms with Crippen molar-refractivity contribution >= 4 is 11.6 Å². The van der Waals surface area contributed by atoms with Crippen LogP contribution in [0.2, 0.25) is 0 Å². The Hall–Kier alpha value is -3.42. The molecule has 1 N–H and O–H groups in total. The summed E-state index contributed by atoms with van der Waals surface area (Å²) in [5.74, 6) is 0.277. The van der Waals surface area contributed by atoms with Crippen molar-refractivity contribution in [3.63, 3.8) is 0 Å². The van der Waals surface area contributed by atoms with Crippen molar-refractivity contribution in [1.29, 1.82) is 0 Å². The van der Waals surface area contributed by atoms with E-state index in [1.165, 1.54) is 4.68 Å². The molecule has 8 heteroatoms. The Balaban J connectivity index is 1.81. The molecule has 0 radical (unpaired) electrons. The van der Waals surface area contributed by atoms with E-state index < -0.39 is 11.0 Å². The Morgan fingerprint density at radius 3 is 2.58 bits per heavy atom. The van der Waals surface area contributed by atoms with Crippen LogP contribution < -0.4 is 5.32 Å². The quantitative estimate of drug-likeness (QED) is 0.541. The van der Waals surface area contributed by atoms with Crippen LogP contribution in [-0.2, 0) is 11.3 Å². The van der Waals surface area contributed by atoms with Crippen molar-refractivity contribution < 1.29 is 14.1 Å². The first kappa shape index (κ1) is 17.4. The first-order valence-electron chi connectivity index (χ1n) is 8.03. The van der Waals surface area contributed by atoms with Gasteiger partial charge >= 0.3 is 5.69 Å². The Morgan fingerprint density at radius 2 is 2.00 bits per heavy atom. The highest BCUT2D eigenvalue weighted by Crippen LogP contribution is 2.24. The summed E-state index contributed by atoms with van der Waals surface area (Å²) in [4.78, 5) is 23.2. The zero-order valence-electron chi connectivity index (χ0n) is 14.4. The fourth-order valence-electron chi connectivity index (χ4n) is 2.87. The van der Waals surface area contributed by atoms with E-state index in [1.54, 1.807) is 32.2 Å². The molecule has 8 nitrogen and oxygen atoms in total. The van der Waals surface area contributed by atoms with Crippen LogP contribution in [-0.4, -0.2) is 20.6 Å². The van der Waals surface area contributed by atoms with Crippen molar-refractivity contribution in [3.05, 3.63) is 81.6 Å². The fraction of sp³-hybridized carbons (Fsp3) is 0.222. The van der Waals surface area contributed by atoms with Gasteiger partial charge in [0, 0.05) is 0 Å². The summed E-state index contributed by atoms with van der Waals surface area (Å²) in [6, 6.07) is 12.5. The number of aromatic nitrogens is 2. The third-order valence-corrected chi connectivity index (χ3v) is 4.09. The molecule has 0 bridgehead atoms. The summed E-state index contributed by atoms with van der Waals surface area (Å²) in [6.45, 7) is 3.01. The minimum atomic E-state index is -0.484. The first-order valence-corrected chi connectivity index (χ1v) is 8.03. The molecule has 3 rings (SSSR count). The summed E-state index contributed by atoms with van der Waals surface area (Å²) in [7, 11) is 0. The Bertz CT molecular complexity index is 916. The van der Waals surface area contributed by atoms with Crippen LogP contribution >= 0.6 is 0 Å². The molecule has 3 aromatic rings. The van der Waals surface area contributed by atoms with Crippen molar-refractivity contribution in [2.24, 2.45) is 0 Å². The van der Waals surface area contributed by atoms with Crippen LogP contribution in [0, 0.1) is 24.0 Å². The lowest BCUT2D eigenvalue weighted by Crippen LogP contribution is -2.32. The topological polar surface area (TPSA) is 103 Å². The van der Waals surface area contributed by atoms with E-state index in [9.17, 15) is 14.9 Å². The number of nitro groups is 1. The van der Waals surface area contributed by atoms with Crippen molar-refractivity contribution in [2.75, 3.05) is 0 Å². The second kappa shape index (κ2) is 7.22. The van der Waals surface area contributed by atoms with E-state index in [2.05, 4.69) is 10.4 Å². The molecule has 134 valence electrons. The summed E-state index contributed by atoms with van der Waals surface area (Å²) >= 11 is 0. The van der Waals surface area contributed by atoms with Crippen LogP contribution in [0.25, 0.3) is 0 Å². The Labute approximate surface area is 149 Å². The standard InChI is InChI=1S/C18H18N4O4/c1-12-18(22(24)25)13(2)21(20-12)11-16(23)19-17(15-9-6-10-26-15)14-7-4-3-5-8-14/h3-10,17H,11H2,1-2H3,(H,19,23). The highest BCUT2D eigenvalue weighted by Gasteiger charge is 2.24. The summed E-state index contributed by atoms with van der Waals surface area (Å²) in [5, 5.41) is 18.1. The number of hydrogen-bond donors (Lipinski definition) is 1. The van der Waals surface area contributed by atoms with Gasteiger partial charge in [0.1, 0.15) is 29.7 Å². The second-order valence-corrected chi connectivity index (χ2v) is 5.86. The molecule has 0 aliphatic rings. The molecule has 0 fully saturated rings. The van der Waals surface area contributed by atoms with Gasteiger partial charge in [0.25, 0.3) is 0 Å². The minimum absolute atomic E-state index is 0.0663. The average molecular weight is 354 g/mol. The number of rotatable bonds is 6. The molecule has 1 amide bonds. The largest absolute Gasteiger partial charge is 0.467 e. The number of carbonyl (C=O) groups excluding carboxylic acids is 1. The zero-order chi connectivity index (χ0) is 18.7. The van der Waals surface area contributed by atoms with Crippen molar-refractivity contribution in [2.45, 2.75) is 26.4 Å². The van der Waals surface area contributed by atoms with E-state index in [0.29, 0.717) is 11.5 Å². The lowest BCUT2D eigenvalue weighted by Gasteiger charge is -2.17. The average Bonchev–Trinajstić information content (AvgIpc) is 3.22. The molecule has 0 aliphatic carbocycles. The Kier molecular flexibility index (Phi) is 4.83. The SMILES string of the molecule is Cc1nn(CC(=O)NC(c2ccccc2)c2ccco2)c(C)c1[N+](=O)[O-]. The van der Waals surface area contributed by atoms with Gasteiger partial charge in [0.15, 0.2) is 0 Å². The van der Waals surface area contributed by atoms with Gasteiger partial charge in [-0.15, -0.1) is 0 Å². The summed E-state index contributed by atoms with van der Waals surface area (Å²) in [5.41, 5.74) is 1.43.